The molecular formula is C18H22IN5OS2. The Balaban J connectivity index is 1.87. The van der Waals surface area contributed by atoms with Gasteiger partial charge >= 0.3 is 0 Å². The number of aromatic nitrogens is 3. The quantitative estimate of drug-likeness (QED) is 0.233. The van der Waals surface area contributed by atoms with Gasteiger partial charge in [0, 0.05) is 9.32 Å². The maximum Gasteiger partial charge on any atom is 0.191 e. The van der Waals surface area contributed by atoms with E-state index in [1.807, 2.05) is 12.1 Å². The molecule has 0 fully saturated rings. The second-order valence-electron chi connectivity index (χ2n) is 6.59. The molecule has 0 aliphatic heterocycles. The number of nitrogens with two attached hydrogens (primary N) is 1. The lowest BCUT2D eigenvalue weighted by Crippen LogP contribution is -2.26. The van der Waals surface area contributed by atoms with Crippen molar-refractivity contribution in [2.45, 2.75) is 37.2 Å². The fraction of sp³-hybridized carbons (Fsp3) is 0.389. The Labute approximate surface area is 180 Å². The molecule has 0 radical (unpaired) electrons. The van der Waals surface area contributed by atoms with E-state index in [1.54, 1.807) is 11.8 Å². The molecule has 1 atom stereocenters. The summed E-state index contributed by atoms with van der Waals surface area (Å²) in [6, 6.07) is 8.19. The van der Waals surface area contributed by atoms with Crippen molar-refractivity contribution in [3.05, 3.63) is 33.4 Å². The third-order valence-electron chi connectivity index (χ3n) is 3.88. The summed E-state index contributed by atoms with van der Waals surface area (Å²) in [7, 11) is 0. The van der Waals surface area contributed by atoms with Crippen LogP contribution in [0.4, 0.5) is 10.9 Å². The first-order valence-electron chi connectivity index (χ1n) is 8.64. The second-order valence-corrected chi connectivity index (χ2v) is 9.73. The van der Waals surface area contributed by atoms with Crippen LogP contribution in [-0.2, 0) is 5.75 Å². The maximum atomic E-state index is 9.72. The van der Waals surface area contributed by atoms with Crippen LogP contribution in [0.1, 0.15) is 25.8 Å². The minimum Gasteiger partial charge on any atom is -0.394 e. The van der Waals surface area contributed by atoms with E-state index in [1.165, 1.54) is 20.5 Å². The molecule has 3 aromatic rings. The molecule has 27 heavy (non-hydrogen) atoms. The molecule has 4 N–H and O–H groups in total. The molecule has 0 saturated heterocycles. The van der Waals surface area contributed by atoms with Gasteiger partial charge < -0.3 is 16.2 Å². The zero-order valence-corrected chi connectivity index (χ0v) is 18.9. The summed E-state index contributed by atoms with van der Waals surface area (Å²) in [5.41, 5.74) is 7.73. The Kier molecular flexibility index (Phi) is 7.12. The highest BCUT2D eigenvalue weighted by atomic mass is 127. The summed E-state index contributed by atoms with van der Waals surface area (Å²) in [5, 5.41) is 14.2. The number of thiazole rings is 1. The number of nitrogens with one attached hydrogen (secondary N) is 1. The molecule has 0 saturated carbocycles. The molecule has 0 aliphatic carbocycles. The van der Waals surface area contributed by atoms with Crippen molar-refractivity contribution in [3.63, 3.8) is 0 Å². The molecule has 144 valence electrons. The van der Waals surface area contributed by atoms with Gasteiger partial charge in [-0.2, -0.15) is 0 Å². The van der Waals surface area contributed by atoms with Crippen LogP contribution in [0.2, 0.25) is 0 Å². The number of nitrogen functional groups attached to an aromatic ring is 1. The van der Waals surface area contributed by atoms with Crippen molar-refractivity contribution >= 4 is 67.0 Å². The Morgan fingerprint density at radius 1 is 1.26 bits per heavy atom. The van der Waals surface area contributed by atoms with E-state index < -0.39 is 0 Å². The number of hydrogen-bond donors (Lipinski definition) is 3. The molecule has 2 aromatic heterocycles. The molecule has 0 spiro atoms. The van der Waals surface area contributed by atoms with Gasteiger partial charge in [0.1, 0.15) is 4.70 Å². The van der Waals surface area contributed by atoms with E-state index >= 15 is 0 Å². The molecule has 1 aromatic carbocycles. The van der Waals surface area contributed by atoms with Crippen LogP contribution in [0.15, 0.2) is 29.4 Å². The van der Waals surface area contributed by atoms with Crippen molar-refractivity contribution in [2.75, 3.05) is 17.7 Å². The summed E-state index contributed by atoms with van der Waals surface area (Å²) in [6.07, 6.45) is 0.848. The smallest absolute Gasteiger partial charge is 0.191 e. The summed E-state index contributed by atoms with van der Waals surface area (Å²) in [6.45, 7) is 4.31. The first kappa shape index (κ1) is 20.6. The second kappa shape index (κ2) is 9.35. The fourth-order valence-electron chi connectivity index (χ4n) is 2.68. The molecule has 0 aliphatic rings. The lowest BCUT2D eigenvalue weighted by Gasteiger charge is -2.19. The fourth-order valence-corrected chi connectivity index (χ4v) is 5.09. The SMILES string of the molecule is CC(C)C[C@H](CO)Nc1nc(SCc2ccccc2I)nc2nc(N)sc12. The van der Waals surface area contributed by atoms with Crippen molar-refractivity contribution in [1.29, 1.82) is 0 Å². The van der Waals surface area contributed by atoms with E-state index in [0.29, 0.717) is 27.7 Å². The third-order valence-corrected chi connectivity index (χ3v) is 6.71. The Hall–Kier alpha value is -1.17. The molecule has 9 heteroatoms. The van der Waals surface area contributed by atoms with Crippen molar-refractivity contribution in [2.24, 2.45) is 5.92 Å². The molecule has 0 unspecified atom stereocenters. The predicted octanol–water partition coefficient (Wildman–Crippen LogP) is 4.38. The predicted molar refractivity (Wildman–Crippen MR) is 122 cm³/mol. The monoisotopic (exact) mass is 515 g/mol. The van der Waals surface area contributed by atoms with E-state index in [0.717, 1.165) is 16.9 Å². The minimum atomic E-state index is -0.0700. The average Bonchev–Trinajstić information content (AvgIpc) is 3.00. The lowest BCUT2D eigenvalue weighted by molar-refractivity contribution is 0.259. The van der Waals surface area contributed by atoms with Crippen LogP contribution in [0, 0.1) is 9.49 Å². The highest BCUT2D eigenvalue weighted by Crippen LogP contribution is 2.32. The first-order chi connectivity index (χ1) is 13.0. The Morgan fingerprint density at radius 3 is 2.74 bits per heavy atom. The van der Waals surface area contributed by atoms with Crippen LogP contribution in [-0.4, -0.2) is 32.7 Å². The zero-order valence-electron chi connectivity index (χ0n) is 15.1. The maximum absolute atomic E-state index is 9.72. The Morgan fingerprint density at radius 2 is 2.04 bits per heavy atom. The number of nitrogens with zero attached hydrogens (tertiary/aromatic N) is 3. The van der Waals surface area contributed by atoms with Gasteiger partial charge in [-0.05, 0) is 46.6 Å². The van der Waals surface area contributed by atoms with E-state index in [2.05, 4.69) is 63.9 Å². The molecule has 2 heterocycles. The molecule has 0 bridgehead atoms. The van der Waals surface area contributed by atoms with E-state index in [4.69, 9.17) is 10.7 Å². The number of anilines is 2. The van der Waals surface area contributed by atoms with Crippen molar-refractivity contribution in [1.82, 2.24) is 15.0 Å². The topological polar surface area (TPSA) is 97.0 Å². The van der Waals surface area contributed by atoms with Gasteiger partial charge in [-0.15, -0.1) is 0 Å². The summed E-state index contributed by atoms with van der Waals surface area (Å²) in [5.74, 6) is 1.94. The highest BCUT2D eigenvalue weighted by molar-refractivity contribution is 14.1. The van der Waals surface area contributed by atoms with Crippen molar-refractivity contribution < 1.29 is 5.11 Å². The number of rotatable bonds is 8. The van der Waals surface area contributed by atoms with Crippen LogP contribution in [0.25, 0.3) is 10.3 Å². The number of aliphatic hydroxyl groups excluding tert-OH is 1. The Bertz CT molecular complexity index is 918. The number of fused-ring (bicyclic) bond motifs is 1. The van der Waals surface area contributed by atoms with Crippen molar-refractivity contribution in [3.8, 4) is 0 Å². The van der Waals surface area contributed by atoms with Gasteiger partial charge in [0.05, 0.1) is 12.6 Å². The van der Waals surface area contributed by atoms with Gasteiger partial charge in [0.2, 0.25) is 0 Å². The van der Waals surface area contributed by atoms with E-state index in [9.17, 15) is 5.11 Å². The number of hydrogen-bond acceptors (Lipinski definition) is 8. The normalized spacial score (nSPS) is 12.6. The summed E-state index contributed by atoms with van der Waals surface area (Å²) in [4.78, 5) is 13.6. The minimum absolute atomic E-state index is 0.0443. The van der Waals surface area contributed by atoms with Gasteiger partial charge in [-0.25, -0.2) is 15.0 Å². The first-order valence-corrected chi connectivity index (χ1v) is 11.5. The largest absolute Gasteiger partial charge is 0.394 e. The number of aliphatic hydroxyl groups is 1. The highest BCUT2D eigenvalue weighted by Gasteiger charge is 2.17. The molecule has 6 nitrogen and oxygen atoms in total. The number of halogens is 1. The zero-order chi connectivity index (χ0) is 19.4. The standard InChI is InChI=1S/C18H22IN5OS2/c1-10(2)7-12(8-25)21-15-14-16(22-17(20)27-14)24-18(23-15)26-9-11-5-3-4-6-13(11)19/h3-6,10,12,25H,7-9H2,1-2H3,(H3,20,21,22,23,24)/t12-/m1/s1. The molecule has 0 amide bonds. The van der Waals surface area contributed by atoms with Gasteiger partial charge in [0.15, 0.2) is 21.8 Å². The number of thioether (sulfide) groups is 1. The summed E-state index contributed by atoms with van der Waals surface area (Å²) < 4.78 is 2.05. The van der Waals surface area contributed by atoms with E-state index in [-0.39, 0.29) is 12.6 Å². The van der Waals surface area contributed by atoms with Gasteiger partial charge in [-0.1, -0.05) is 55.1 Å². The average molecular weight is 515 g/mol. The van der Waals surface area contributed by atoms with Gasteiger partial charge in [0.25, 0.3) is 0 Å². The number of benzene rings is 1. The van der Waals surface area contributed by atoms with Crippen LogP contribution in [0.5, 0.6) is 0 Å². The van der Waals surface area contributed by atoms with Crippen LogP contribution >= 0.6 is 45.7 Å². The van der Waals surface area contributed by atoms with Gasteiger partial charge in [-0.3, -0.25) is 0 Å². The lowest BCUT2D eigenvalue weighted by atomic mass is 10.0. The third kappa shape index (κ3) is 5.43. The van der Waals surface area contributed by atoms with Crippen LogP contribution < -0.4 is 11.1 Å². The summed E-state index contributed by atoms with van der Waals surface area (Å²) >= 11 is 5.27. The molecular weight excluding hydrogens is 493 g/mol. The molecule has 3 rings (SSSR count). The van der Waals surface area contributed by atoms with Crippen LogP contribution in [0.3, 0.4) is 0 Å².